The van der Waals surface area contributed by atoms with Gasteiger partial charge in [-0.1, -0.05) is 19.3 Å². The normalized spacial score (nSPS) is 27.4. The minimum Gasteiger partial charge on any atom is -0.480 e. The van der Waals surface area contributed by atoms with E-state index in [1.165, 1.54) is 6.42 Å². The molecule has 1 unspecified atom stereocenters. The van der Waals surface area contributed by atoms with Crippen LogP contribution in [0.5, 0.6) is 0 Å². The smallest absolute Gasteiger partial charge is 0.322 e. The molecule has 1 saturated heterocycles. The van der Waals surface area contributed by atoms with Crippen LogP contribution in [0.4, 0.5) is 0 Å². The van der Waals surface area contributed by atoms with Gasteiger partial charge in [0, 0.05) is 12.6 Å². The fourth-order valence-corrected chi connectivity index (χ4v) is 5.17. The lowest BCUT2D eigenvalue weighted by molar-refractivity contribution is -0.142. The summed E-state index contributed by atoms with van der Waals surface area (Å²) in [7, 11) is -3.72. The molecule has 1 aliphatic carbocycles. The lowest BCUT2D eigenvalue weighted by Crippen LogP contribution is -2.54. The SMILES string of the molecule is C[C@H](NS(=O)(=O)N1CCCCC1C(=O)O)C1CCCCC1. The van der Waals surface area contributed by atoms with Crippen LogP contribution < -0.4 is 4.72 Å². The Hall–Kier alpha value is -0.660. The third kappa shape index (κ3) is 4.17. The van der Waals surface area contributed by atoms with Gasteiger partial charge in [-0.3, -0.25) is 4.79 Å². The van der Waals surface area contributed by atoms with Crippen LogP contribution in [0.1, 0.15) is 58.3 Å². The molecule has 0 radical (unpaired) electrons. The van der Waals surface area contributed by atoms with E-state index < -0.39 is 22.2 Å². The number of nitrogens with one attached hydrogen (secondary N) is 1. The number of aliphatic carboxylic acids is 1. The topological polar surface area (TPSA) is 86.7 Å². The Balaban J connectivity index is 2.03. The largest absolute Gasteiger partial charge is 0.480 e. The van der Waals surface area contributed by atoms with Crippen molar-refractivity contribution in [3.63, 3.8) is 0 Å². The van der Waals surface area contributed by atoms with Gasteiger partial charge in [-0.05, 0) is 44.9 Å². The predicted molar refractivity (Wildman–Crippen MR) is 80.1 cm³/mol. The molecule has 6 nitrogen and oxygen atoms in total. The van der Waals surface area contributed by atoms with Crippen LogP contribution in [-0.4, -0.2) is 42.4 Å². The maximum absolute atomic E-state index is 12.5. The number of piperidine rings is 1. The second-order valence-corrected chi connectivity index (χ2v) is 7.93. The zero-order chi connectivity index (χ0) is 15.5. The van der Waals surface area contributed by atoms with Gasteiger partial charge in [0.05, 0.1) is 0 Å². The van der Waals surface area contributed by atoms with Crippen molar-refractivity contribution in [2.45, 2.75) is 70.4 Å². The summed E-state index contributed by atoms with van der Waals surface area (Å²) in [6, 6.07) is -1.05. The maximum atomic E-state index is 12.5. The monoisotopic (exact) mass is 318 g/mol. The number of carboxylic acid groups (broad SMARTS) is 1. The first-order valence-electron chi connectivity index (χ1n) is 7.93. The predicted octanol–water partition coefficient (Wildman–Crippen LogP) is 1.73. The molecule has 21 heavy (non-hydrogen) atoms. The Morgan fingerprint density at radius 2 is 1.76 bits per heavy atom. The number of carboxylic acids is 1. The van der Waals surface area contributed by atoms with Gasteiger partial charge in [-0.2, -0.15) is 17.4 Å². The molecule has 122 valence electrons. The summed E-state index contributed by atoms with van der Waals surface area (Å²) in [6.45, 7) is 2.19. The minimum atomic E-state index is -3.72. The fourth-order valence-electron chi connectivity index (χ4n) is 3.47. The van der Waals surface area contributed by atoms with Gasteiger partial charge < -0.3 is 5.11 Å². The zero-order valence-corrected chi connectivity index (χ0v) is 13.4. The maximum Gasteiger partial charge on any atom is 0.322 e. The van der Waals surface area contributed by atoms with E-state index in [-0.39, 0.29) is 6.04 Å². The van der Waals surface area contributed by atoms with Crippen molar-refractivity contribution >= 4 is 16.2 Å². The van der Waals surface area contributed by atoms with Crippen LogP contribution in [0.2, 0.25) is 0 Å². The van der Waals surface area contributed by atoms with E-state index in [1.807, 2.05) is 6.92 Å². The van der Waals surface area contributed by atoms with Gasteiger partial charge in [0.15, 0.2) is 0 Å². The molecule has 2 rings (SSSR count). The van der Waals surface area contributed by atoms with Gasteiger partial charge in [0.1, 0.15) is 6.04 Å². The summed E-state index contributed by atoms with van der Waals surface area (Å²) in [5.74, 6) is -0.688. The van der Waals surface area contributed by atoms with Gasteiger partial charge in [-0.15, -0.1) is 0 Å². The van der Waals surface area contributed by atoms with Crippen LogP contribution in [0, 0.1) is 5.92 Å². The minimum absolute atomic E-state index is 0.133. The summed E-state index contributed by atoms with van der Waals surface area (Å²) >= 11 is 0. The van der Waals surface area contributed by atoms with Gasteiger partial charge in [0.2, 0.25) is 0 Å². The summed E-state index contributed by atoms with van der Waals surface area (Å²) in [5.41, 5.74) is 0. The first kappa shape index (κ1) is 16.7. The molecular weight excluding hydrogens is 292 g/mol. The number of hydrogen-bond acceptors (Lipinski definition) is 3. The molecule has 0 aromatic heterocycles. The van der Waals surface area contributed by atoms with E-state index in [1.54, 1.807) is 0 Å². The van der Waals surface area contributed by atoms with E-state index in [0.29, 0.717) is 18.9 Å². The van der Waals surface area contributed by atoms with Crippen molar-refractivity contribution in [1.29, 1.82) is 0 Å². The fraction of sp³-hybridized carbons (Fsp3) is 0.929. The van der Waals surface area contributed by atoms with E-state index in [4.69, 9.17) is 0 Å². The molecule has 1 heterocycles. The van der Waals surface area contributed by atoms with Crippen molar-refractivity contribution in [1.82, 2.24) is 9.03 Å². The van der Waals surface area contributed by atoms with Crippen LogP contribution in [0.3, 0.4) is 0 Å². The number of carbonyl (C=O) groups is 1. The third-order valence-electron chi connectivity index (χ3n) is 4.74. The Morgan fingerprint density at radius 3 is 2.38 bits per heavy atom. The van der Waals surface area contributed by atoms with Crippen molar-refractivity contribution in [2.24, 2.45) is 5.92 Å². The molecule has 0 amide bonds. The molecule has 2 fully saturated rings. The highest BCUT2D eigenvalue weighted by Gasteiger charge is 2.38. The Labute approximate surface area is 127 Å². The summed E-state index contributed by atoms with van der Waals surface area (Å²) < 4.78 is 28.9. The zero-order valence-electron chi connectivity index (χ0n) is 12.6. The highest BCUT2D eigenvalue weighted by molar-refractivity contribution is 7.87. The van der Waals surface area contributed by atoms with Crippen molar-refractivity contribution < 1.29 is 18.3 Å². The van der Waals surface area contributed by atoms with Gasteiger partial charge in [-0.25, -0.2) is 0 Å². The van der Waals surface area contributed by atoms with E-state index in [2.05, 4.69) is 4.72 Å². The third-order valence-corrected chi connectivity index (χ3v) is 6.46. The van der Waals surface area contributed by atoms with Gasteiger partial charge in [0.25, 0.3) is 10.2 Å². The summed E-state index contributed by atoms with van der Waals surface area (Å²) in [5, 5.41) is 9.22. The molecule has 0 bridgehead atoms. The molecule has 1 aliphatic heterocycles. The average Bonchev–Trinajstić information content (AvgIpc) is 2.47. The van der Waals surface area contributed by atoms with Crippen molar-refractivity contribution in [3.8, 4) is 0 Å². The molecule has 0 spiro atoms. The summed E-state index contributed by atoms with van der Waals surface area (Å²) in [4.78, 5) is 11.3. The molecule has 2 N–H and O–H groups in total. The first-order valence-corrected chi connectivity index (χ1v) is 9.38. The van der Waals surface area contributed by atoms with Gasteiger partial charge >= 0.3 is 5.97 Å². The number of rotatable bonds is 5. The molecule has 0 aromatic rings. The lowest BCUT2D eigenvalue weighted by Gasteiger charge is -2.35. The van der Waals surface area contributed by atoms with Crippen LogP contribution in [-0.2, 0) is 15.0 Å². The van der Waals surface area contributed by atoms with Crippen molar-refractivity contribution in [2.75, 3.05) is 6.54 Å². The first-order chi connectivity index (χ1) is 9.92. The molecule has 2 atom stereocenters. The lowest BCUT2D eigenvalue weighted by atomic mass is 9.85. The molecule has 7 heteroatoms. The summed E-state index contributed by atoms with van der Waals surface area (Å²) in [6.07, 6.45) is 7.51. The Kier molecular flexibility index (Phi) is 5.62. The van der Waals surface area contributed by atoms with E-state index >= 15 is 0 Å². The van der Waals surface area contributed by atoms with E-state index in [9.17, 15) is 18.3 Å². The Bertz CT molecular complexity index is 460. The standard InChI is InChI=1S/C14H26N2O4S/c1-11(12-7-3-2-4-8-12)15-21(19,20)16-10-6-5-9-13(16)14(17)18/h11-13,15H,2-10H2,1H3,(H,17,18)/t11-,13?/m0/s1. The van der Waals surface area contributed by atoms with Crippen LogP contribution in [0.25, 0.3) is 0 Å². The molecular formula is C14H26N2O4S. The quantitative estimate of drug-likeness (QED) is 0.808. The average molecular weight is 318 g/mol. The second-order valence-electron chi connectivity index (χ2n) is 6.27. The molecule has 0 aromatic carbocycles. The number of nitrogens with zero attached hydrogens (tertiary/aromatic N) is 1. The molecule has 1 saturated carbocycles. The second kappa shape index (κ2) is 7.07. The number of hydrogen-bond donors (Lipinski definition) is 2. The van der Waals surface area contributed by atoms with E-state index in [0.717, 1.165) is 42.8 Å². The van der Waals surface area contributed by atoms with Crippen molar-refractivity contribution in [3.05, 3.63) is 0 Å². The highest BCUT2D eigenvalue weighted by atomic mass is 32.2. The van der Waals surface area contributed by atoms with Crippen LogP contribution in [0.15, 0.2) is 0 Å². The van der Waals surface area contributed by atoms with Crippen LogP contribution >= 0.6 is 0 Å². The molecule has 2 aliphatic rings. The Morgan fingerprint density at radius 1 is 1.14 bits per heavy atom. The highest BCUT2D eigenvalue weighted by Crippen LogP contribution is 2.27.